The van der Waals surface area contributed by atoms with Gasteiger partial charge in [-0.05, 0) is 43.3 Å². The Balaban J connectivity index is 1.94. The van der Waals surface area contributed by atoms with E-state index >= 15 is 0 Å². The highest BCUT2D eigenvalue weighted by Gasteiger charge is 2.14. The number of thioether (sulfide) groups is 1. The normalized spacial score (nSPS) is 11.9. The van der Waals surface area contributed by atoms with Gasteiger partial charge >= 0.3 is 0 Å². The second-order valence-corrected chi connectivity index (χ2v) is 5.80. The van der Waals surface area contributed by atoms with Gasteiger partial charge < -0.3 is 5.32 Å². The van der Waals surface area contributed by atoms with Gasteiger partial charge in [0.25, 0.3) is 0 Å². The maximum Gasteiger partial charge on any atom is 0.237 e. The second kappa shape index (κ2) is 6.59. The third kappa shape index (κ3) is 4.26. The molecular formula is C14H13ClN2OS. The minimum Gasteiger partial charge on any atom is -0.324 e. The summed E-state index contributed by atoms with van der Waals surface area (Å²) < 4.78 is 0. The first kappa shape index (κ1) is 13.9. The van der Waals surface area contributed by atoms with Crippen molar-refractivity contribution in [3.63, 3.8) is 0 Å². The van der Waals surface area contributed by atoms with Crippen molar-refractivity contribution in [1.29, 1.82) is 0 Å². The van der Waals surface area contributed by atoms with Crippen LogP contribution in [0.5, 0.6) is 0 Å². The largest absolute Gasteiger partial charge is 0.324 e. The summed E-state index contributed by atoms with van der Waals surface area (Å²) in [6, 6.07) is 11.0. The lowest BCUT2D eigenvalue weighted by Crippen LogP contribution is -2.22. The Morgan fingerprint density at radius 2 is 2.05 bits per heavy atom. The number of nitrogens with one attached hydrogen (secondary N) is 1. The predicted molar refractivity (Wildman–Crippen MR) is 79.6 cm³/mol. The number of rotatable bonds is 4. The second-order valence-electron chi connectivity index (χ2n) is 3.94. The Bertz CT molecular complexity index is 545. The van der Waals surface area contributed by atoms with E-state index in [2.05, 4.69) is 10.3 Å². The average Bonchev–Trinajstić information content (AvgIpc) is 2.42. The summed E-state index contributed by atoms with van der Waals surface area (Å²) in [4.78, 5) is 17.0. The van der Waals surface area contributed by atoms with Crippen LogP contribution in [0.15, 0.2) is 53.7 Å². The molecule has 0 fully saturated rings. The Hall–Kier alpha value is -1.52. The summed E-state index contributed by atoms with van der Waals surface area (Å²) in [5, 5.41) is 3.32. The van der Waals surface area contributed by atoms with E-state index in [1.807, 2.05) is 37.3 Å². The predicted octanol–water partition coefficient (Wildman–Crippen LogP) is 3.85. The third-order valence-electron chi connectivity index (χ3n) is 2.42. The van der Waals surface area contributed by atoms with Gasteiger partial charge in [-0.3, -0.25) is 9.78 Å². The molecular weight excluding hydrogens is 280 g/mol. The molecule has 0 spiro atoms. The molecule has 3 nitrogen and oxygen atoms in total. The maximum atomic E-state index is 12.0. The fraction of sp³-hybridized carbons (Fsp3) is 0.143. The van der Waals surface area contributed by atoms with Crippen LogP contribution in [0.25, 0.3) is 0 Å². The molecule has 98 valence electrons. The fourth-order valence-corrected chi connectivity index (χ4v) is 2.44. The smallest absolute Gasteiger partial charge is 0.237 e. The molecule has 0 aliphatic carbocycles. The van der Waals surface area contributed by atoms with Crippen LogP contribution in [0, 0.1) is 0 Å². The van der Waals surface area contributed by atoms with Crippen LogP contribution in [0.2, 0.25) is 5.02 Å². The first-order valence-corrected chi connectivity index (χ1v) is 7.04. The molecule has 0 bridgehead atoms. The Morgan fingerprint density at radius 1 is 1.32 bits per heavy atom. The van der Waals surface area contributed by atoms with E-state index < -0.39 is 0 Å². The minimum atomic E-state index is -0.193. The van der Waals surface area contributed by atoms with Crippen LogP contribution in [0.4, 0.5) is 5.69 Å². The molecule has 19 heavy (non-hydrogen) atoms. The van der Waals surface area contributed by atoms with E-state index in [1.165, 1.54) is 11.8 Å². The lowest BCUT2D eigenvalue weighted by atomic mass is 10.4. The molecule has 1 heterocycles. The highest BCUT2D eigenvalue weighted by Crippen LogP contribution is 2.25. The maximum absolute atomic E-state index is 12.0. The summed E-state index contributed by atoms with van der Waals surface area (Å²) in [6.45, 7) is 1.87. The molecule has 2 rings (SSSR count). The van der Waals surface area contributed by atoms with Gasteiger partial charge in [-0.2, -0.15) is 0 Å². The van der Waals surface area contributed by atoms with Crippen LogP contribution >= 0.6 is 23.4 Å². The standard InChI is InChI=1S/C14H13ClN2OS/c1-10(19-13-6-4-11(15)5-7-13)14(18)17-12-3-2-8-16-9-12/h2-10H,1H3,(H,17,18)/t10-/m1/s1. The summed E-state index contributed by atoms with van der Waals surface area (Å²) in [5.41, 5.74) is 0.705. The van der Waals surface area contributed by atoms with Crippen molar-refractivity contribution in [2.75, 3.05) is 5.32 Å². The van der Waals surface area contributed by atoms with Crippen molar-refractivity contribution in [3.05, 3.63) is 53.8 Å². The van der Waals surface area contributed by atoms with Gasteiger partial charge in [0.2, 0.25) is 5.91 Å². The van der Waals surface area contributed by atoms with Gasteiger partial charge in [-0.1, -0.05) is 11.6 Å². The van der Waals surface area contributed by atoms with E-state index in [1.54, 1.807) is 18.5 Å². The Labute approximate surface area is 121 Å². The van der Waals surface area contributed by atoms with E-state index in [0.29, 0.717) is 10.7 Å². The van der Waals surface area contributed by atoms with Gasteiger partial charge in [0.1, 0.15) is 0 Å². The van der Waals surface area contributed by atoms with Gasteiger partial charge in [0, 0.05) is 16.1 Å². The van der Waals surface area contributed by atoms with E-state index in [9.17, 15) is 4.79 Å². The molecule has 0 saturated heterocycles. The molecule has 1 aromatic carbocycles. The molecule has 1 aromatic heterocycles. The van der Waals surface area contributed by atoms with Crippen molar-refractivity contribution in [3.8, 4) is 0 Å². The fourth-order valence-electron chi connectivity index (χ4n) is 1.45. The molecule has 1 amide bonds. The summed E-state index contributed by atoms with van der Waals surface area (Å²) in [6.07, 6.45) is 3.29. The number of amides is 1. The molecule has 0 aliphatic rings. The molecule has 0 saturated carbocycles. The highest BCUT2D eigenvalue weighted by atomic mass is 35.5. The van der Waals surface area contributed by atoms with Crippen LogP contribution in [-0.4, -0.2) is 16.1 Å². The molecule has 0 aliphatic heterocycles. The zero-order valence-electron chi connectivity index (χ0n) is 10.3. The number of carbonyl (C=O) groups excluding carboxylic acids is 1. The molecule has 2 aromatic rings. The summed E-state index contributed by atoms with van der Waals surface area (Å²) >= 11 is 7.31. The van der Waals surface area contributed by atoms with Gasteiger partial charge in [0.15, 0.2) is 0 Å². The number of halogens is 1. The van der Waals surface area contributed by atoms with Crippen LogP contribution in [0.1, 0.15) is 6.92 Å². The van der Waals surface area contributed by atoms with Crippen LogP contribution < -0.4 is 5.32 Å². The molecule has 5 heteroatoms. The third-order valence-corrected chi connectivity index (χ3v) is 3.79. The van der Waals surface area contributed by atoms with Gasteiger partial charge in [0.05, 0.1) is 17.1 Å². The SMILES string of the molecule is C[C@@H](Sc1ccc(Cl)cc1)C(=O)Nc1cccnc1. The van der Waals surface area contributed by atoms with E-state index in [4.69, 9.17) is 11.6 Å². The lowest BCUT2D eigenvalue weighted by molar-refractivity contribution is -0.115. The number of aromatic nitrogens is 1. The quantitative estimate of drug-likeness (QED) is 0.870. The Morgan fingerprint density at radius 3 is 2.68 bits per heavy atom. The highest BCUT2D eigenvalue weighted by molar-refractivity contribution is 8.00. The monoisotopic (exact) mass is 292 g/mol. The number of pyridine rings is 1. The molecule has 1 N–H and O–H groups in total. The summed E-state index contributed by atoms with van der Waals surface area (Å²) in [7, 11) is 0. The lowest BCUT2D eigenvalue weighted by Gasteiger charge is -2.11. The zero-order chi connectivity index (χ0) is 13.7. The average molecular weight is 293 g/mol. The number of anilines is 1. The van der Waals surface area contributed by atoms with Crippen molar-refractivity contribution >= 4 is 35.0 Å². The van der Waals surface area contributed by atoms with Crippen molar-refractivity contribution in [1.82, 2.24) is 4.98 Å². The molecule has 1 atom stereocenters. The Kier molecular flexibility index (Phi) is 4.82. The van der Waals surface area contributed by atoms with Crippen molar-refractivity contribution in [2.45, 2.75) is 17.1 Å². The van der Waals surface area contributed by atoms with Crippen LogP contribution in [-0.2, 0) is 4.79 Å². The zero-order valence-corrected chi connectivity index (χ0v) is 11.9. The first-order chi connectivity index (χ1) is 9.15. The molecule has 0 radical (unpaired) electrons. The number of benzene rings is 1. The number of hydrogen-bond acceptors (Lipinski definition) is 3. The summed E-state index contributed by atoms with van der Waals surface area (Å²) in [5.74, 6) is -0.0482. The first-order valence-electron chi connectivity index (χ1n) is 5.78. The molecule has 0 unspecified atom stereocenters. The van der Waals surface area contributed by atoms with Crippen molar-refractivity contribution in [2.24, 2.45) is 0 Å². The van der Waals surface area contributed by atoms with Crippen molar-refractivity contribution < 1.29 is 4.79 Å². The van der Waals surface area contributed by atoms with E-state index in [0.717, 1.165) is 4.90 Å². The van der Waals surface area contributed by atoms with Gasteiger partial charge in [-0.15, -0.1) is 11.8 Å². The number of nitrogens with zero attached hydrogens (tertiary/aromatic N) is 1. The number of hydrogen-bond donors (Lipinski definition) is 1. The minimum absolute atomic E-state index is 0.0482. The topological polar surface area (TPSA) is 42.0 Å². The van der Waals surface area contributed by atoms with Crippen LogP contribution in [0.3, 0.4) is 0 Å². The van der Waals surface area contributed by atoms with E-state index in [-0.39, 0.29) is 11.2 Å². The van der Waals surface area contributed by atoms with Gasteiger partial charge in [-0.25, -0.2) is 0 Å². The number of carbonyl (C=O) groups is 1.